The molecule has 1 amide bonds. The van der Waals surface area contributed by atoms with Gasteiger partial charge in [0.25, 0.3) is 5.91 Å². The van der Waals surface area contributed by atoms with Gasteiger partial charge in [0.05, 0.1) is 11.3 Å². The number of aromatic nitrogens is 3. The van der Waals surface area contributed by atoms with Crippen molar-refractivity contribution >= 4 is 28.9 Å². The molecule has 5 rings (SSSR count). The van der Waals surface area contributed by atoms with E-state index in [2.05, 4.69) is 32.7 Å². The van der Waals surface area contributed by atoms with Crippen LogP contribution >= 0.6 is 0 Å². The van der Waals surface area contributed by atoms with Gasteiger partial charge in [-0.25, -0.2) is 4.98 Å². The van der Waals surface area contributed by atoms with Gasteiger partial charge in [0.15, 0.2) is 0 Å². The van der Waals surface area contributed by atoms with Crippen LogP contribution in [-0.4, -0.2) is 34.2 Å². The van der Waals surface area contributed by atoms with Gasteiger partial charge < -0.3 is 15.4 Å². The van der Waals surface area contributed by atoms with Gasteiger partial charge in [-0.3, -0.25) is 9.89 Å². The Hall–Kier alpha value is -3.61. The van der Waals surface area contributed by atoms with Crippen LogP contribution in [0.5, 0.6) is 5.88 Å². The van der Waals surface area contributed by atoms with Gasteiger partial charge in [-0.15, -0.1) is 0 Å². The van der Waals surface area contributed by atoms with Crippen molar-refractivity contribution in [2.45, 2.75) is 6.92 Å². The molecule has 0 saturated carbocycles. The van der Waals surface area contributed by atoms with E-state index in [1.165, 1.54) is 0 Å². The minimum Gasteiger partial charge on any atom is -0.474 e. The minimum absolute atomic E-state index is 0.118. The van der Waals surface area contributed by atoms with Crippen molar-refractivity contribution in [1.82, 2.24) is 15.2 Å². The van der Waals surface area contributed by atoms with Crippen LogP contribution in [0.2, 0.25) is 0 Å². The van der Waals surface area contributed by atoms with E-state index in [9.17, 15) is 4.79 Å². The number of amides is 1. The molecule has 0 bridgehead atoms. The maximum Gasteiger partial charge on any atom is 0.256 e. The van der Waals surface area contributed by atoms with Crippen LogP contribution in [0.1, 0.15) is 16.8 Å². The number of fused-ring (bicyclic) bond motifs is 2. The first-order valence-corrected chi connectivity index (χ1v) is 8.74. The molecule has 4 heterocycles. The van der Waals surface area contributed by atoms with E-state index in [1.54, 1.807) is 6.20 Å². The first-order valence-electron chi connectivity index (χ1n) is 8.74. The number of pyridine rings is 1. The zero-order valence-corrected chi connectivity index (χ0v) is 14.7. The highest BCUT2D eigenvalue weighted by atomic mass is 16.5. The van der Waals surface area contributed by atoms with Crippen LogP contribution in [0, 0.1) is 6.92 Å². The highest BCUT2D eigenvalue weighted by Gasteiger charge is 2.25. The quantitative estimate of drug-likeness (QED) is 0.612. The van der Waals surface area contributed by atoms with Crippen molar-refractivity contribution in [1.29, 1.82) is 0 Å². The molecule has 2 aliphatic rings. The molecule has 3 N–H and O–H groups in total. The molecular formula is C20H17N5O2. The number of anilines is 2. The van der Waals surface area contributed by atoms with Crippen molar-refractivity contribution < 1.29 is 9.53 Å². The summed E-state index contributed by atoms with van der Waals surface area (Å²) in [6, 6.07) is 7.78. The molecule has 0 spiro atoms. The second-order valence-electron chi connectivity index (χ2n) is 6.54. The Balaban J connectivity index is 1.61. The average molecular weight is 359 g/mol. The van der Waals surface area contributed by atoms with E-state index >= 15 is 0 Å². The lowest BCUT2D eigenvalue weighted by Gasteiger charge is -2.21. The van der Waals surface area contributed by atoms with E-state index in [-0.39, 0.29) is 5.91 Å². The molecule has 3 aromatic rings. The maximum atomic E-state index is 12.4. The third-order valence-corrected chi connectivity index (χ3v) is 4.88. The number of nitrogens with zero attached hydrogens (tertiary/aromatic N) is 2. The van der Waals surface area contributed by atoms with Gasteiger partial charge in [0.2, 0.25) is 5.88 Å². The Bertz CT molecular complexity index is 1090. The van der Waals surface area contributed by atoms with Crippen LogP contribution in [-0.2, 0) is 4.79 Å². The van der Waals surface area contributed by atoms with Gasteiger partial charge in [-0.05, 0) is 42.3 Å². The lowest BCUT2D eigenvalue weighted by Crippen LogP contribution is -2.20. The first kappa shape index (κ1) is 15.6. The summed E-state index contributed by atoms with van der Waals surface area (Å²) in [4.78, 5) is 16.9. The van der Waals surface area contributed by atoms with Gasteiger partial charge in [0, 0.05) is 35.8 Å². The summed E-state index contributed by atoms with van der Waals surface area (Å²) in [7, 11) is 0. The lowest BCUT2D eigenvalue weighted by molar-refractivity contribution is -0.110. The molecule has 2 aromatic heterocycles. The number of ether oxygens (including phenoxy) is 1. The fourth-order valence-corrected chi connectivity index (χ4v) is 3.51. The van der Waals surface area contributed by atoms with Gasteiger partial charge in [-0.1, -0.05) is 6.07 Å². The lowest BCUT2D eigenvalue weighted by atomic mass is 9.96. The Morgan fingerprint density at radius 1 is 1.22 bits per heavy atom. The van der Waals surface area contributed by atoms with E-state index in [0.29, 0.717) is 18.1 Å². The molecule has 7 heteroatoms. The summed E-state index contributed by atoms with van der Waals surface area (Å²) in [6.45, 7) is 3.43. The monoisotopic (exact) mass is 359 g/mol. The number of aromatic amines is 1. The van der Waals surface area contributed by atoms with Crippen LogP contribution in [0.15, 0.2) is 36.7 Å². The van der Waals surface area contributed by atoms with Crippen LogP contribution in [0.25, 0.3) is 22.8 Å². The number of carbonyl (C=O) groups is 1. The van der Waals surface area contributed by atoms with Crippen LogP contribution < -0.4 is 15.4 Å². The number of rotatable bonds is 2. The average Bonchev–Trinajstić information content (AvgIpc) is 3.31. The fraction of sp³-hybridized carbons (Fsp3) is 0.150. The van der Waals surface area contributed by atoms with Gasteiger partial charge in [0.1, 0.15) is 12.3 Å². The number of hydrogen-bond donors (Lipinski definition) is 3. The first-order chi connectivity index (χ1) is 13.2. The Kier molecular flexibility index (Phi) is 3.46. The molecule has 2 aliphatic heterocycles. The van der Waals surface area contributed by atoms with Crippen molar-refractivity contribution in [2.75, 3.05) is 23.8 Å². The summed E-state index contributed by atoms with van der Waals surface area (Å²) in [6.07, 6.45) is 5.30. The summed E-state index contributed by atoms with van der Waals surface area (Å²) >= 11 is 0. The topological polar surface area (TPSA) is 91.9 Å². The Morgan fingerprint density at radius 3 is 3.00 bits per heavy atom. The second-order valence-corrected chi connectivity index (χ2v) is 6.54. The summed E-state index contributed by atoms with van der Waals surface area (Å²) in [5.74, 6) is 0.521. The molecule has 7 nitrogen and oxygen atoms in total. The van der Waals surface area contributed by atoms with Crippen LogP contribution in [0.3, 0.4) is 0 Å². The third kappa shape index (κ3) is 2.55. The molecule has 27 heavy (non-hydrogen) atoms. The van der Waals surface area contributed by atoms with Crippen molar-refractivity contribution in [3.05, 3.63) is 53.5 Å². The SMILES string of the molecule is Cc1c(-c2ccc3c(c2)/C(=C/c2ccn[nH]2)C(=O)N3)cnc2c1NCCO2. The van der Waals surface area contributed by atoms with Crippen molar-refractivity contribution in [2.24, 2.45) is 0 Å². The smallest absolute Gasteiger partial charge is 0.256 e. The number of benzene rings is 1. The maximum absolute atomic E-state index is 12.4. The number of nitrogens with one attached hydrogen (secondary N) is 3. The highest BCUT2D eigenvalue weighted by molar-refractivity contribution is 6.35. The normalized spacial score (nSPS) is 16.3. The zero-order chi connectivity index (χ0) is 18.4. The standard InChI is InChI=1S/C20H17N5O2/c1-11-16(10-22-20-18(11)21-6-7-27-20)12-2-3-17-14(8-12)15(19(26)24-17)9-13-4-5-23-25-13/h2-5,8-10,21H,6-7H2,1H3,(H,23,25)(H,24,26)/b15-9-. The summed E-state index contributed by atoms with van der Waals surface area (Å²) in [5.41, 5.74) is 7.09. The second kappa shape index (κ2) is 5.98. The van der Waals surface area contributed by atoms with Crippen molar-refractivity contribution in [3.63, 3.8) is 0 Å². The molecule has 1 aromatic carbocycles. The molecule has 0 radical (unpaired) electrons. The molecule has 0 saturated heterocycles. The predicted molar refractivity (Wildman–Crippen MR) is 103 cm³/mol. The van der Waals surface area contributed by atoms with E-state index in [0.717, 1.165) is 45.9 Å². The number of hydrogen-bond acceptors (Lipinski definition) is 5. The minimum atomic E-state index is -0.118. The summed E-state index contributed by atoms with van der Waals surface area (Å²) in [5, 5.41) is 13.1. The molecule has 0 aliphatic carbocycles. The van der Waals surface area contributed by atoms with E-state index < -0.39 is 0 Å². The zero-order valence-electron chi connectivity index (χ0n) is 14.7. The van der Waals surface area contributed by atoms with E-state index in [1.807, 2.05) is 36.5 Å². The highest BCUT2D eigenvalue weighted by Crippen LogP contribution is 2.39. The van der Waals surface area contributed by atoms with E-state index in [4.69, 9.17) is 4.74 Å². The van der Waals surface area contributed by atoms with Crippen LogP contribution in [0.4, 0.5) is 11.4 Å². The number of H-pyrrole nitrogens is 1. The molecule has 0 fully saturated rings. The summed E-state index contributed by atoms with van der Waals surface area (Å²) < 4.78 is 5.61. The number of carbonyl (C=O) groups excluding carboxylic acids is 1. The Labute approximate surface area is 155 Å². The third-order valence-electron chi connectivity index (χ3n) is 4.88. The fourth-order valence-electron chi connectivity index (χ4n) is 3.51. The predicted octanol–water partition coefficient (Wildman–Crippen LogP) is 3.08. The largest absolute Gasteiger partial charge is 0.474 e. The van der Waals surface area contributed by atoms with Gasteiger partial charge >= 0.3 is 0 Å². The molecule has 0 atom stereocenters. The molecular weight excluding hydrogens is 342 g/mol. The molecule has 134 valence electrons. The molecule has 0 unspecified atom stereocenters. The van der Waals surface area contributed by atoms with Crippen molar-refractivity contribution in [3.8, 4) is 17.0 Å². The van der Waals surface area contributed by atoms with Gasteiger partial charge in [-0.2, -0.15) is 5.10 Å². The Morgan fingerprint density at radius 2 is 2.15 bits per heavy atom.